The van der Waals surface area contributed by atoms with Crippen molar-refractivity contribution < 1.29 is 4.79 Å². The van der Waals surface area contributed by atoms with Crippen LogP contribution < -0.4 is 10.9 Å². The smallest absolute Gasteiger partial charge is 0.278 e. The lowest BCUT2D eigenvalue weighted by Crippen LogP contribution is -2.39. The minimum Gasteiger partial charge on any atom is -0.348 e. The lowest BCUT2D eigenvalue weighted by atomic mass is 10.1. The number of aromatic nitrogens is 3. The Morgan fingerprint density at radius 3 is 2.52 bits per heavy atom. The SMILES string of the molecule is CC[C@H](C(=O)N[C@@H](C)c1ccccc1)n1nnc2ccccc2c1=O. The Labute approximate surface area is 145 Å². The van der Waals surface area contributed by atoms with Crippen LogP contribution >= 0.6 is 0 Å². The molecule has 0 saturated heterocycles. The third kappa shape index (κ3) is 3.42. The Kier molecular flexibility index (Phi) is 4.88. The van der Waals surface area contributed by atoms with Crippen molar-refractivity contribution in [2.75, 3.05) is 0 Å². The maximum atomic E-state index is 12.7. The largest absolute Gasteiger partial charge is 0.348 e. The van der Waals surface area contributed by atoms with Crippen molar-refractivity contribution in [3.05, 3.63) is 70.5 Å². The summed E-state index contributed by atoms with van der Waals surface area (Å²) < 4.78 is 1.18. The molecule has 6 heteroatoms. The van der Waals surface area contributed by atoms with Gasteiger partial charge in [0.2, 0.25) is 5.91 Å². The van der Waals surface area contributed by atoms with E-state index in [-0.39, 0.29) is 17.5 Å². The van der Waals surface area contributed by atoms with E-state index in [1.165, 1.54) is 4.68 Å². The van der Waals surface area contributed by atoms with Crippen LogP contribution in [-0.4, -0.2) is 20.9 Å². The summed E-state index contributed by atoms with van der Waals surface area (Å²) in [6.07, 6.45) is 0.445. The molecule has 6 nitrogen and oxygen atoms in total. The zero-order valence-electron chi connectivity index (χ0n) is 14.2. The van der Waals surface area contributed by atoms with Crippen molar-refractivity contribution in [3.63, 3.8) is 0 Å². The van der Waals surface area contributed by atoms with Gasteiger partial charge in [0.05, 0.1) is 11.4 Å². The molecule has 0 bridgehead atoms. The van der Waals surface area contributed by atoms with E-state index < -0.39 is 6.04 Å². The first kappa shape index (κ1) is 16.8. The lowest BCUT2D eigenvalue weighted by molar-refractivity contribution is -0.125. The van der Waals surface area contributed by atoms with Gasteiger partial charge in [-0.25, -0.2) is 0 Å². The van der Waals surface area contributed by atoms with Gasteiger partial charge in [0.25, 0.3) is 5.56 Å². The highest BCUT2D eigenvalue weighted by Gasteiger charge is 2.23. The van der Waals surface area contributed by atoms with Crippen molar-refractivity contribution >= 4 is 16.8 Å². The molecule has 25 heavy (non-hydrogen) atoms. The summed E-state index contributed by atoms with van der Waals surface area (Å²) >= 11 is 0. The highest BCUT2D eigenvalue weighted by molar-refractivity contribution is 5.81. The second-order valence-electron chi connectivity index (χ2n) is 5.92. The van der Waals surface area contributed by atoms with Crippen molar-refractivity contribution in [2.24, 2.45) is 0 Å². The summed E-state index contributed by atoms with van der Waals surface area (Å²) in [5.41, 5.74) is 1.22. The van der Waals surface area contributed by atoms with Crippen LogP contribution in [0, 0.1) is 0 Å². The number of nitrogens with zero attached hydrogens (tertiary/aromatic N) is 3. The third-order valence-corrected chi connectivity index (χ3v) is 4.23. The zero-order chi connectivity index (χ0) is 17.8. The number of rotatable bonds is 5. The van der Waals surface area contributed by atoms with Gasteiger partial charge in [-0.15, -0.1) is 5.10 Å². The molecule has 1 heterocycles. The Morgan fingerprint density at radius 1 is 1.12 bits per heavy atom. The normalized spacial score (nSPS) is 13.4. The average Bonchev–Trinajstić information content (AvgIpc) is 2.65. The molecule has 0 aliphatic rings. The Balaban J connectivity index is 1.88. The van der Waals surface area contributed by atoms with E-state index in [2.05, 4.69) is 15.6 Å². The third-order valence-electron chi connectivity index (χ3n) is 4.23. The first-order valence-electron chi connectivity index (χ1n) is 8.31. The van der Waals surface area contributed by atoms with Crippen molar-refractivity contribution in [3.8, 4) is 0 Å². The fourth-order valence-corrected chi connectivity index (χ4v) is 2.81. The number of carbonyl (C=O) groups is 1. The van der Waals surface area contributed by atoms with Crippen LogP contribution in [-0.2, 0) is 4.79 Å². The molecule has 0 unspecified atom stereocenters. The summed E-state index contributed by atoms with van der Waals surface area (Å²) in [6, 6.07) is 15.8. The van der Waals surface area contributed by atoms with Gasteiger partial charge in [-0.2, -0.15) is 4.68 Å². The molecule has 1 amide bonds. The summed E-state index contributed by atoms with van der Waals surface area (Å²) in [5, 5.41) is 11.4. The molecular formula is C19H20N4O2. The van der Waals surface area contributed by atoms with Crippen LogP contribution in [0.5, 0.6) is 0 Å². The van der Waals surface area contributed by atoms with Crippen LogP contribution in [0.25, 0.3) is 10.9 Å². The number of benzene rings is 2. The van der Waals surface area contributed by atoms with Crippen LogP contribution in [0.2, 0.25) is 0 Å². The van der Waals surface area contributed by atoms with Gasteiger partial charge in [0.1, 0.15) is 11.6 Å². The average molecular weight is 336 g/mol. The Morgan fingerprint density at radius 2 is 1.80 bits per heavy atom. The molecule has 128 valence electrons. The van der Waals surface area contributed by atoms with Crippen LogP contribution in [0.4, 0.5) is 0 Å². The molecule has 0 spiro atoms. The van der Waals surface area contributed by atoms with Gasteiger partial charge in [0, 0.05) is 0 Å². The van der Waals surface area contributed by atoms with Crippen molar-refractivity contribution in [1.29, 1.82) is 0 Å². The molecule has 0 radical (unpaired) electrons. The number of hydrogen-bond acceptors (Lipinski definition) is 4. The van der Waals surface area contributed by atoms with E-state index in [0.717, 1.165) is 5.56 Å². The molecule has 0 aliphatic heterocycles. The van der Waals surface area contributed by atoms with Gasteiger partial charge in [-0.05, 0) is 31.0 Å². The number of carbonyl (C=O) groups excluding carboxylic acids is 1. The van der Waals surface area contributed by atoms with E-state index in [4.69, 9.17) is 0 Å². The van der Waals surface area contributed by atoms with Gasteiger partial charge >= 0.3 is 0 Å². The molecule has 3 aromatic rings. The van der Waals surface area contributed by atoms with Gasteiger partial charge < -0.3 is 5.32 Å². The monoisotopic (exact) mass is 336 g/mol. The summed E-state index contributed by atoms with van der Waals surface area (Å²) in [7, 11) is 0. The molecule has 1 N–H and O–H groups in total. The van der Waals surface area contributed by atoms with E-state index in [1.54, 1.807) is 24.3 Å². The highest BCUT2D eigenvalue weighted by Crippen LogP contribution is 2.15. The molecule has 0 saturated carbocycles. The van der Waals surface area contributed by atoms with Crippen molar-refractivity contribution in [1.82, 2.24) is 20.3 Å². The molecule has 1 aromatic heterocycles. The van der Waals surface area contributed by atoms with Gasteiger partial charge in [0.15, 0.2) is 0 Å². The summed E-state index contributed by atoms with van der Waals surface area (Å²) in [4.78, 5) is 25.4. The zero-order valence-corrected chi connectivity index (χ0v) is 14.2. The number of nitrogens with one attached hydrogen (secondary N) is 1. The fraction of sp³-hybridized carbons (Fsp3) is 0.263. The summed E-state index contributed by atoms with van der Waals surface area (Å²) in [5.74, 6) is -0.245. The molecule has 2 aromatic carbocycles. The van der Waals surface area contributed by atoms with E-state index in [1.807, 2.05) is 44.2 Å². The highest BCUT2D eigenvalue weighted by atomic mass is 16.2. The minimum atomic E-state index is -0.698. The lowest BCUT2D eigenvalue weighted by Gasteiger charge is -2.20. The van der Waals surface area contributed by atoms with Crippen molar-refractivity contribution in [2.45, 2.75) is 32.4 Å². The van der Waals surface area contributed by atoms with Gasteiger partial charge in [-0.1, -0.05) is 54.6 Å². The standard InChI is InChI=1S/C19H20N4O2/c1-3-17(18(24)20-13(2)14-9-5-4-6-10-14)23-19(25)15-11-7-8-12-16(15)21-22-23/h4-13,17H,3H2,1-2H3,(H,20,24)/t13-,17+/m0/s1. The molecule has 2 atom stereocenters. The topological polar surface area (TPSA) is 76.9 Å². The maximum Gasteiger partial charge on any atom is 0.278 e. The number of hydrogen-bond donors (Lipinski definition) is 1. The first-order valence-corrected chi connectivity index (χ1v) is 8.31. The number of amides is 1. The number of fused-ring (bicyclic) bond motifs is 1. The van der Waals surface area contributed by atoms with E-state index in [0.29, 0.717) is 17.3 Å². The van der Waals surface area contributed by atoms with Gasteiger partial charge in [-0.3, -0.25) is 9.59 Å². The Bertz CT molecular complexity index is 937. The second kappa shape index (κ2) is 7.25. The summed E-state index contributed by atoms with van der Waals surface area (Å²) in [6.45, 7) is 3.76. The predicted molar refractivity (Wildman–Crippen MR) is 96.1 cm³/mol. The van der Waals surface area contributed by atoms with Crippen LogP contribution in [0.1, 0.15) is 37.9 Å². The fourth-order valence-electron chi connectivity index (χ4n) is 2.81. The molecular weight excluding hydrogens is 316 g/mol. The predicted octanol–water partition coefficient (Wildman–Crippen LogP) is 2.62. The van der Waals surface area contributed by atoms with Crippen LogP contribution in [0.15, 0.2) is 59.4 Å². The van der Waals surface area contributed by atoms with Crippen LogP contribution in [0.3, 0.4) is 0 Å². The Hall–Kier alpha value is -3.02. The molecule has 0 aliphatic carbocycles. The molecule has 3 rings (SSSR count). The van der Waals surface area contributed by atoms with E-state index in [9.17, 15) is 9.59 Å². The molecule has 0 fully saturated rings. The van der Waals surface area contributed by atoms with E-state index >= 15 is 0 Å². The quantitative estimate of drug-likeness (QED) is 0.777. The first-order chi connectivity index (χ1) is 12.1. The minimum absolute atomic E-state index is 0.160. The maximum absolute atomic E-state index is 12.7. The second-order valence-corrected chi connectivity index (χ2v) is 5.92.